The Bertz CT molecular complexity index is 2370. The van der Waals surface area contributed by atoms with Gasteiger partial charge in [0.15, 0.2) is 17.5 Å². The topological polar surface area (TPSA) is 38.7 Å². The molecular weight excluding hydrogens is 534 g/mol. The van der Waals surface area contributed by atoms with E-state index in [0.717, 1.165) is 22.1 Å². The second kappa shape index (κ2) is 9.82. The maximum atomic E-state index is 5.19. The number of rotatable bonds is 4. The molecule has 0 unspecified atom stereocenters. The largest absolute Gasteiger partial charge is 0.208 e. The van der Waals surface area contributed by atoms with Crippen molar-refractivity contribution in [2.45, 2.75) is 0 Å². The van der Waals surface area contributed by atoms with E-state index in [-0.39, 0.29) is 0 Å². The van der Waals surface area contributed by atoms with Gasteiger partial charge < -0.3 is 0 Å². The number of fused-ring (bicyclic) bond motifs is 4. The SMILES string of the molecule is c1ccc(-c2nc(-c3ccc4ccccc4c3)nc(-c3ccc(-c4ccccc4)c4c3-c3cccc5cccc-4c35)n2)cc1. The van der Waals surface area contributed by atoms with Crippen LogP contribution in [-0.2, 0) is 0 Å². The van der Waals surface area contributed by atoms with Crippen LogP contribution < -0.4 is 0 Å². The predicted octanol–water partition coefficient (Wildman–Crippen LogP) is 10.5. The molecule has 1 aliphatic rings. The Morgan fingerprint density at radius 3 is 1.57 bits per heavy atom. The van der Waals surface area contributed by atoms with Gasteiger partial charge >= 0.3 is 0 Å². The van der Waals surface area contributed by atoms with Crippen LogP contribution in [0.3, 0.4) is 0 Å². The van der Waals surface area contributed by atoms with Crippen LogP contribution in [0.5, 0.6) is 0 Å². The highest BCUT2D eigenvalue weighted by Gasteiger charge is 2.28. The quantitative estimate of drug-likeness (QED) is 0.215. The lowest BCUT2D eigenvalue weighted by Crippen LogP contribution is -2.01. The van der Waals surface area contributed by atoms with E-state index in [2.05, 4.69) is 133 Å². The first kappa shape index (κ1) is 24.6. The van der Waals surface area contributed by atoms with Gasteiger partial charge in [-0.2, -0.15) is 0 Å². The number of hydrogen-bond acceptors (Lipinski definition) is 3. The summed E-state index contributed by atoms with van der Waals surface area (Å²) >= 11 is 0. The lowest BCUT2D eigenvalue weighted by Gasteiger charge is -2.16. The Morgan fingerprint density at radius 1 is 0.295 bits per heavy atom. The maximum absolute atomic E-state index is 5.19. The number of hydrogen-bond donors (Lipinski definition) is 0. The van der Waals surface area contributed by atoms with Gasteiger partial charge in [-0.1, -0.05) is 140 Å². The summed E-state index contributed by atoms with van der Waals surface area (Å²) in [5, 5.41) is 4.86. The Labute approximate surface area is 255 Å². The molecule has 0 saturated carbocycles. The van der Waals surface area contributed by atoms with Crippen LogP contribution in [0.25, 0.3) is 89.1 Å². The van der Waals surface area contributed by atoms with Crippen LogP contribution in [-0.4, -0.2) is 15.0 Å². The fourth-order valence-corrected chi connectivity index (χ4v) is 6.63. The Balaban J connectivity index is 1.34. The monoisotopic (exact) mass is 559 g/mol. The summed E-state index contributed by atoms with van der Waals surface area (Å²) in [4.78, 5) is 15.4. The average Bonchev–Trinajstić information content (AvgIpc) is 3.44. The lowest BCUT2D eigenvalue weighted by molar-refractivity contribution is 1.08. The van der Waals surface area contributed by atoms with Crippen molar-refractivity contribution in [1.29, 1.82) is 0 Å². The van der Waals surface area contributed by atoms with Gasteiger partial charge in [0.1, 0.15) is 0 Å². The molecular formula is C41H25N3. The van der Waals surface area contributed by atoms with Crippen LogP contribution >= 0.6 is 0 Å². The highest BCUT2D eigenvalue weighted by atomic mass is 15.0. The molecule has 0 aliphatic heterocycles. The summed E-state index contributed by atoms with van der Waals surface area (Å²) in [6.45, 7) is 0. The molecule has 0 saturated heterocycles. The molecule has 8 aromatic rings. The van der Waals surface area contributed by atoms with Crippen molar-refractivity contribution in [2.75, 3.05) is 0 Å². The van der Waals surface area contributed by atoms with Gasteiger partial charge in [-0.15, -0.1) is 0 Å². The van der Waals surface area contributed by atoms with Crippen LogP contribution in [0.4, 0.5) is 0 Å². The number of aromatic nitrogens is 3. The second-order valence-corrected chi connectivity index (χ2v) is 11.2. The third-order valence-corrected chi connectivity index (χ3v) is 8.65. The van der Waals surface area contributed by atoms with Crippen molar-refractivity contribution in [3.8, 4) is 67.5 Å². The minimum Gasteiger partial charge on any atom is -0.208 e. The van der Waals surface area contributed by atoms with E-state index in [1.807, 2.05) is 18.2 Å². The number of benzene rings is 7. The molecule has 1 aromatic heterocycles. The molecule has 0 fully saturated rings. The smallest absolute Gasteiger partial charge is 0.164 e. The molecule has 1 aliphatic carbocycles. The summed E-state index contributed by atoms with van der Waals surface area (Å²) in [6, 6.07) is 53.3. The Kier molecular flexibility index (Phi) is 5.50. The van der Waals surface area contributed by atoms with Gasteiger partial charge in [-0.25, -0.2) is 15.0 Å². The molecule has 0 bridgehead atoms. The van der Waals surface area contributed by atoms with E-state index >= 15 is 0 Å². The molecule has 44 heavy (non-hydrogen) atoms. The predicted molar refractivity (Wildman–Crippen MR) is 181 cm³/mol. The van der Waals surface area contributed by atoms with E-state index in [0.29, 0.717) is 17.5 Å². The third-order valence-electron chi connectivity index (χ3n) is 8.65. The van der Waals surface area contributed by atoms with Crippen molar-refractivity contribution in [3.05, 3.63) is 152 Å². The summed E-state index contributed by atoms with van der Waals surface area (Å²) in [6.07, 6.45) is 0. The standard InChI is InChI=1S/C41H25N3/c1-3-12-27(13-4-1)32-23-24-35(38-34-20-10-18-28-17-9-19-33(36(28)34)37(32)38)41-43-39(29-14-5-2-6-15-29)42-40(44-41)31-22-21-26-11-7-8-16-30(26)25-31/h1-25H. The summed E-state index contributed by atoms with van der Waals surface area (Å²) in [5.74, 6) is 1.99. The van der Waals surface area contributed by atoms with E-state index in [4.69, 9.17) is 15.0 Å². The minimum absolute atomic E-state index is 0.661. The molecule has 7 aromatic carbocycles. The van der Waals surface area contributed by atoms with E-state index in [1.54, 1.807) is 0 Å². The van der Waals surface area contributed by atoms with Crippen molar-refractivity contribution >= 4 is 21.5 Å². The van der Waals surface area contributed by atoms with Crippen LogP contribution in [0, 0.1) is 0 Å². The summed E-state index contributed by atoms with van der Waals surface area (Å²) in [5.41, 5.74) is 10.2. The van der Waals surface area contributed by atoms with Crippen LogP contribution in [0.2, 0.25) is 0 Å². The Hall–Kier alpha value is -5.93. The maximum Gasteiger partial charge on any atom is 0.164 e. The number of nitrogens with zero attached hydrogens (tertiary/aromatic N) is 3. The van der Waals surface area contributed by atoms with Gasteiger partial charge in [0.05, 0.1) is 0 Å². The minimum atomic E-state index is 0.661. The highest BCUT2D eigenvalue weighted by molar-refractivity contribution is 6.20. The van der Waals surface area contributed by atoms with Gasteiger partial charge in [-0.3, -0.25) is 0 Å². The fraction of sp³-hybridized carbons (Fsp3) is 0. The zero-order chi connectivity index (χ0) is 29.0. The van der Waals surface area contributed by atoms with E-state index < -0.39 is 0 Å². The molecule has 0 atom stereocenters. The van der Waals surface area contributed by atoms with Crippen molar-refractivity contribution in [2.24, 2.45) is 0 Å². The normalized spacial score (nSPS) is 11.6. The second-order valence-electron chi connectivity index (χ2n) is 11.2. The van der Waals surface area contributed by atoms with E-state index in [1.165, 1.54) is 49.5 Å². The molecule has 9 rings (SSSR count). The zero-order valence-electron chi connectivity index (χ0n) is 23.8. The first-order chi connectivity index (χ1) is 21.8. The van der Waals surface area contributed by atoms with Crippen molar-refractivity contribution < 1.29 is 0 Å². The zero-order valence-corrected chi connectivity index (χ0v) is 23.8. The van der Waals surface area contributed by atoms with Crippen LogP contribution in [0.1, 0.15) is 0 Å². The molecule has 3 nitrogen and oxygen atoms in total. The molecule has 1 heterocycles. The van der Waals surface area contributed by atoms with Gasteiger partial charge in [-0.05, 0) is 61.5 Å². The van der Waals surface area contributed by atoms with Gasteiger partial charge in [0, 0.05) is 22.3 Å². The summed E-state index contributed by atoms with van der Waals surface area (Å²) in [7, 11) is 0. The van der Waals surface area contributed by atoms with Gasteiger partial charge in [0.2, 0.25) is 0 Å². The fourth-order valence-electron chi connectivity index (χ4n) is 6.63. The Morgan fingerprint density at radius 2 is 0.841 bits per heavy atom. The van der Waals surface area contributed by atoms with Crippen molar-refractivity contribution in [1.82, 2.24) is 15.0 Å². The first-order valence-electron chi connectivity index (χ1n) is 14.9. The van der Waals surface area contributed by atoms with Crippen molar-refractivity contribution in [3.63, 3.8) is 0 Å². The first-order valence-corrected chi connectivity index (χ1v) is 14.9. The molecule has 0 amide bonds. The lowest BCUT2D eigenvalue weighted by atomic mass is 9.90. The molecule has 0 N–H and O–H groups in total. The molecule has 204 valence electrons. The van der Waals surface area contributed by atoms with Crippen LogP contribution in [0.15, 0.2) is 152 Å². The molecule has 0 spiro atoms. The summed E-state index contributed by atoms with van der Waals surface area (Å²) < 4.78 is 0. The molecule has 0 radical (unpaired) electrons. The molecule has 3 heteroatoms. The highest BCUT2D eigenvalue weighted by Crippen LogP contribution is 2.54. The van der Waals surface area contributed by atoms with Gasteiger partial charge in [0.25, 0.3) is 0 Å². The average molecular weight is 560 g/mol. The third kappa shape index (κ3) is 3.87. The van der Waals surface area contributed by atoms with E-state index in [9.17, 15) is 0 Å².